The highest BCUT2D eigenvalue weighted by Crippen LogP contribution is 2.25. The normalized spacial score (nSPS) is 18.2. The lowest BCUT2D eigenvalue weighted by Crippen LogP contribution is -2.32. The molecule has 21 heavy (non-hydrogen) atoms. The van der Waals surface area contributed by atoms with Crippen molar-refractivity contribution in [3.8, 4) is 0 Å². The van der Waals surface area contributed by atoms with Crippen LogP contribution in [-0.2, 0) is 9.53 Å². The third-order valence-electron chi connectivity index (χ3n) is 3.21. The van der Waals surface area contributed by atoms with Crippen LogP contribution >= 0.6 is 23.4 Å². The van der Waals surface area contributed by atoms with E-state index in [-0.39, 0.29) is 17.8 Å². The fraction of sp³-hybridized carbons (Fsp3) is 0.429. The van der Waals surface area contributed by atoms with E-state index in [1.807, 2.05) is 0 Å². The number of carbonyl (C=O) groups excluding carboxylic acids is 1. The average Bonchev–Trinajstić information content (AvgIpc) is 3.11. The molecule has 1 fully saturated rings. The van der Waals surface area contributed by atoms with Crippen LogP contribution in [0.5, 0.6) is 0 Å². The number of hydrogen-bond acceptors (Lipinski definition) is 5. The Morgan fingerprint density at radius 2 is 2.43 bits per heavy atom. The summed E-state index contributed by atoms with van der Waals surface area (Å²) < 4.78 is 11.0. The van der Waals surface area contributed by atoms with Gasteiger partial charge in [0, 0.05) is 18.2 Å². The molecule has 112 valence electrons. The van der Waals surface area contributed by atoms with Gasteiger partial charge in [-0.2, -0.15) is 0 Å². The molecule has 2 heterocycles. The van der Waals surface area contributed by atoms with Crippen molar-refractivity contribution in [2.75, 3.05) is 18.9 Å². The summed E-state index contributed by atoms with van der Waals surface area (Å²) >= 11 is 7.16. The summed E-state index contributed by atoms with van der Waals surface area (Å²) in [4.78, 5) is 16.1. The first-order chi connectivity index (χ1) is 10.2. The second-order valence-corrected chi connectivity index (χ2v) is 6.18. The molecule has 0 radical (unpaired) electrons. The van der Waals surface area contributed by atoms with Crippen LogP contribution in [0.4, 0.5) is 0 Å². The van der Waals surface area contributed by atoms with E-state index in [0.717, 1.165) is 19.4 Å². The summed E-state index contributed by atoms with van der Waals surface area (Å²) in [6.45, 7) is 1.36. The Hall–Kier alpha value is -1.24. The van der Waals surface area contributed by atoms with Gasteiger partial charge in [-0.25, -0.2) is 4.98 Å². The summed E-state index contributed by atoms with van der Waals surface area (Å²) in [7, 11) is 0. The lowest BCUT2D eigenvalue weighted by atomic mass is 10.2. The monoisotopic (exact) mass is 326 g/mol. The average molecular weight is 327 g/mol. The number of fused-ring (bicyclic) bond motifs is 1. The Morgan fingerprint density at radius 1 is 1.52 bits per heavy atom. The van der Waals surface area contributed by atoms with Crippen LogP contribution in [0.15, 0.2) is 27.8 Å². The number of amides is 1. The van der Waals surface area contributed by atoms with E-state index in [1.54, 1.807) is 18.2 Å². The summed E-state index contributed by atoms with van der Waals surface area (Å²) in [5.41, 5.74) is 1.37. The number of nitrogens with one attached hydrogen (secondary N) is 1. The molecule has 5 nitrogen and oxygen atoms in total. The smallest absolute Gasteiger partial charge is 0.257 e. The summed E-state index contributed by atoms with van der Waals surface area (Å²) in [5, 5.41) is 3.95. The number of hydrogen-bond donors (Lipinski definition) is 1. The van der Waals surface area contributed by atoms with Crippen LogP contribution in [0.1, 0.15) is 12.8 Å². The van der Waals surface area contributed by atoms with Gasteiger partial charge in [-0.05, 0) is 31.0 Å². The van der Waals surface area contributed by atoms with E-state index in [1.165, 1.54) is 11.8 Å². The predicted molar refractivity (Wildman–Crippen MR) is 81.7 cm³/mol. The maximum absolute atomic E-state index is 11.8. The number of oxazole rings is 1. The molecule has 2 aromatic rings. The Morgan fingerprint density at radius 3 is 3.24 bits per heavy atom. The van der Waals surface area contributed by atoms with Crippen molar-refractivity contribution >= 4 is 40.4 Å². The second-order valence-electron chi connectivity index (χ2n) is 4.82. The molecule has 1 N–H and O–H groups in total. The zero-order chi connectivity index (χ0) is 14.7. The number of carbonyl (C=O) groups is 1. The summed E-state index contributed by atoms with van der Waals surface area (Å²) in [6, 6.07) is 5.26. The van der Waals surface area contributed by atoms with Crippen LogP contribution in [0.25, 0.3) is 11.1 Å². The quantitative estimate of drug-likeness (QED) is 0.856. The SMILES string of the molecule is O=C(CSc1nc2cc(Cl)ccc2o1)NCC1CCCO1. The van der Waals surface area contributed by atoms with Crippen LogP contribution in [0.3, 0.4) is 0 Å². The summed E-state index contributed by atoms with van der Waals surface area (Å²) in [6.07, 6.45) is 2.24. The molecule has 7 heteroatoms. The van der Waals surface area contributed by atoms with Crippen molar-refractivity contribution in [3.05, 3.63) is 23.2 Å². The van der Waals surface area contributed by atoms with Crippen LogP contribution in [-0.4, -0.2) is 35.9 Å². The maximum Gasteiger partial charge on any atom is 0.257 e. The molecule has 1 aromatic carbocycles. The Balaban J connectivity index is 1.49. The van der Waals surface area contributed by atoms with Crippen LogP contribution in [0, 0.1) is 0 Å². The van der Waals surface area contributed by atoms with E-state index in [0.29, 0.717) is 27.9 Å². The van der Waals surface area contributed by atoms with Crippen molar-refractivity contribution in [1.29, 1.82) is 0 Å². The number of benzene rings is 1. The Labute approximate surface area is 131 Å². The molecule has 1 aliphatic heterocycles. The van der Waals surface area contributed by atoms with Gasteiger partial charge in [-0.1, -0.05) is 23.4 Å². The molecule has 1 saturated heterocycles. The highest BCUT2D eigenvalue weighted by molar-refractivity contribution is 7.99. The standard InChI is InChI=1S/C14H15ClN2O3S/c15-9-3-4-12-11(6-9)17-14(20-12)21-8-13(18)16-7-10-2-1-5-19-10/h3-4,6,10H,1-2,5,7-8H2,(H,16,18). The minimum Gasteiger partial charge on any atom is -0.431 e. The van der Waals surface area contributed by atoms with Crippen LogP contribution in [0.2, 0.25) is 5.02 Å². The van der Waals surface area contributed by atoms with Crippen LogP contribution < -0.4 is 5.32 Å². The Bertz CT molecular complexity index is 640. The van der Waals surface area contributed by atoms with Crippen molar-refractivity contribution in [2.45, 2.75) is 24.2 Å². The third kappa shape index (κ3) is 3.90. The fourth-order valence-corrected chi connectivity index (χ4v) is 2.99. The van der Waals surface area contributed by atoms with Gasteiger partial charge >= 0.3 is 0 Å². The lowest BCUT2D eigenvalue weighted by Gasteiger charge is -2.09. The number of nitrogens with zero attached hydrogens (tertiary/aromatic N) is 1. The molecule has 1 unspecified atom stereocenters. The van der Waals surface area contributed by atoms with Crippen molar-refractivity contribution < 1.29 is 13.9 Å². The first kappa shape index (κ1) is 14.7. The molecule has 0 aliphatic carbocycles. The Kier molecular flexibility index (Phi) is 4.67. The predicted octanol–water partition coefficient (Wildman–Crippen LogP) is 2.87. The number of ether oxygens (including phenoxy) is 1. The van der Waals surface area contributed by atoms with Gasteiger partial charge < -0.3 is 14.5 Å². The molecule has 1 aliphatic rings. The van der Waals surface area contributed by atoms with Crippen molar-refractivity contribution in [2.24, 2.45) is 0 Å². The zero-order valence-electron chi connectivity index (χ0n) is 11.3. The van der Waals surface area contributed by atoms with E-state index in [4.69, 9.17) is 20.8 Å². The van der Waals surface area contributed by atoms with Crippen molar-refractivity contribution in [3.63, 3.8) is 0 Å². The first-order valence-electron chi connectivity index (χ1n) is 6.78. The molecule has 3 rings (SSSR count). The van der Waals surface area contributed by atoms with Gasteiger partial charge in [0.1, 0.15) is 5.52 Å². The van der Waals surface area contributed by atoms with Gasteiger partial charge in [-0.15, -0.1) is 0 Å². The van der Waals surface area contributed by atoms with Gasteiger partial charge in [-0.3, -0.25) is 4.79 Å². The van der Waals surface area contributed by atoms with E-state index in [2.05, 4.69) is 10.3 Å². The third-order valence-corrected chi connectivity index (χ3v) is 4.27. The zero-order valence-corrected chi connectivity index (χ0v) is 12.9. The lowest BCUT2D eigenvalue weighted by molar-refractivity contribution is -0.119. The minimum absolute atomic E-state index is 0.0456. The fourth-order valence-electron chi connectivity index (χ4n) is 2.15. The maximum atomic E-state index is 11.8. The second kappa shape index (κ2) is 6.68. The molecule has 1 atom stereocenters. The van der Waals surface area contributed by atoms with Gasteiger partial charge in [0.05, 0.1) is 11.9 Å². The molecule has 1 aromatic heterocycles. The van der Waals surface area contributed by atoms with E-state index < -0.39 is 0 Å². The van der Waals surface area contributed by atoms with E-state index >= 15 is 0 Å². The molecule has 0 bridgehead atoms. The number of rotatable bonds is 5. The van der Waals surface area contributed by atoms with Gasteiger partial charge in [0.2, 0.25) is 5.91 Å². The molecule has 0 saturated carbocycles. The molecule has 1 amide bonds. The topological polar surface area (TPSA) is 64.4 Å². The molecular weight excluding hydrogens is 312 g/mol. The largest absolute Gasteiger partial charge is 0.431 e. The van der Waals surface area contributed by atoms with Gasteiger partial charge in [0.15, 0.2) is 5.58 Å². The van der Waals surface area contributed by atoms with Crippen molar-refractivity contribution in [1.82, 2.24) is 10.3 Å². The first-order valence-corrected chi connectivity index (χ1v) is 8.14. The number of thioether (sulfide) groups is 1. The van der Waals surface area contributed by atoms with Gasteiger partial charge in [0.25, 0.3) is 5.22 Å². The molecule has 0 spiro atoms. The van der Waals surface area contributed by atoms with E-state index in [9.17, 15) is 4.79 Å². The number of halogens is 1. The minimum atomic E-state index is -0.0456. The summed E-state index contributed by atoms with van der Waals surface area (Å²) in [5.74, 6) is 0.226. The highest BCUT2D eigenvalue weighted by atomic mass is 35.5. The number of aromatic nitrogens is 1. The molecular formula is C14H15ClN2O3S. The highest BCUT2D eigenvalue weighted by Gasteiger charge is 2.16.